The number of carbonyl (C=O) groups is 1. The van der Waals surface area contributed by atoms with E-state index in [9.17, 15) is 4.79 Å². The van der Waals surface area contributed by atoms with Gasteiger partial charge in [0.05, 0.1) is 0 Å². The Balaban J connectivity index is 1.94. The van der Waals surface area contributed by atoms with Gasteiger partial charge in [-0.2, -0.15) is 0 Å². The second kappa shape index (κ2) is 7.64. The number of anilines is 2. The molecule has 3 heteroatoms. The van der Waals surface area contributed by atoms with Gasteiger partial charge in [0.25, 0.3) is 5.91 Å². The highest BCUT2D eigenvalue weighted by Gasteiger charge is 2.08. The van der Waals surface area contributed by atoms with Gasteiger partial charge in [0.2, 0.25) is 0 Å². The van der Waals surface area contributed by atoms with Gasteiger partial charge in [-0.1, -0.05) is 32.0 Å². The lowest BCUT2D eigenvalue weighted by atomic mass is 10.1. The minimum Gasteiger partial charge on any atom is -0.385 e. The first-order valence-corrected chi connectivity index (χ1v) is 7.77. The molecule has 22 heavy (non-hydrogen) atoms. The molecule has 0 atom stereocenters. The Hall–Kier alpha value is -2.29. The van der Waals surface area contributed by atoms with Crippen LogP contribution in [0.3, 0.4) is 0 Å². The Morgan fingerprint density at radius 2 is 1.64 bits per heavy atom. The van der Waals surface area contributed by atoms with Crippen LogP contribution in [-0.4, -0.2) is 12.5 Å². The fourth-order valence-corrected chi connectivity index (χ4v) is 2.20. The van der Waals surface area contributed by atoms with E-state index in [0.717, 1.165) is 29.9 Å². The zero-order valence-electron chi connectivity index (χ0n) is 13.5. The van der Waals surface area contributed by atoms with Gasteiger partial charge in [0, 0.05) is 23.5 Å². The standard InChI is InChI=1S/C19H24N2O/c1-14(2)12-13-20-16-8-10-17(11-9-16)21-19(22)18-7-5-4-6-15(18)3/h4-11,14,20H,12-13H2,1-3H3,(H,21,22). The van der Waals surface area contributed by atoms with Crippen molar-refractivity contribution in [2.75, 3.05) is 17.2 Å². The molecule has 0 fully saturated rings. The van der Waals surface area contributed by atoms with Crippen molar-refractivity contribution in [3.8, 4) is 0 Å². The topological polar surface area (TPSA) is 41.1 Å². The molecule has 2 aromatic rings. The van der Waals surface area contributed by atoms with Crippen LogP contribution in [0.1, 0.15) is 36.2 Å². The summed E-state index contributed by atoms with van der Waals surface area (Å²) in [4.78, 5) is 12.2. The Morgan fingerprint density at radius 3 is 2.27 bits per heavy atom. The molecule has 0 saturated heterocycles. The predicted octanol–water partition coefficient (Wildman–Crippen LogP) is 4.71. The van der Waals surface area contributed by atoms with Crippen LogP contribution in [0.5, 0.6) is 0 Å². The maximum atomic E-state index is 12.2. The smallest absolute Gasteiger partial charge is 0.255 e. The van der Waals surface area contributed by atoms with Gasteiger partial charge in [0.15, 0.2) is 0 Å². The van der Waals surface area contributed by atoms with E-state index >= 15 is 0 Å². The zero-order valence-corrected chi connectivity index (χ0v) is 13.5. The molecule has 0 spiro atoms. The number of aryl methyl sites for hydroxylation is 1. The lowest BCUT2D eigenvalue weighted by molar-refractivity contribution is 0.102. The van der Waals surface area contributed by atoms with Crippen LogP contribution in [0, 0.1) is 12.8 Å². The molecular weight excluding hydrogens is 272 g/mol. The summed E-state index contributed by atoms with van der Waals surface area (Å²) in [6.07, 6.45) is 1.14. The van der Waals surface area contributed by atoms with Crippen molar-refractivity contribution < 1.29 is 4.79 Å². The first-order valence-electron chi connectivity index (χ1n) is 7.77. The predicted molar refractivity (Wildman–Crippen MR) is 93.5 cm³/mol. The summed E-state index contributed by atoms with van der Waals surface area (Å²) < 4.78 is 0. The number of amides is 1. The van der Waals surface area contributed by atoms with E-state index < -0.39 is 0 Å². The Labute approximate surface area is 132 Å². The molecule has 2 N–H and O–H groups in total. The number of carbonyl (C=O) groups excluding carboxylic acids is 1. The van der Waals surface area contributed by atoms with Crippen molar-refractivity contribution in [3.63, 3.8) is 0 Å². The van der Waals surface area contributed by atoms with Gasteiger partial charge in [-0.25, -0.2) is 0 Å². The van der Waals surface area contributed by atoms with E-state index in [1.54, 1.807) is 0 Å². The van der Waals surface area contributed by atoms with Gasteiger partial charge in [-0.15, -0.1) is 0 Å². The van der Waals surface area contributed by atoms with E-state index in [2.05, 4.69) is 24.5 Å². The van der Waals surface area contributed by atoms with Crippen LogP contribution < -0.4 is 10.6 Å². The zero-order chi connectivity index (χ0) is 15.9. The van der Waals surface area contributed by atoms with Crippen LogP contribution in [-0.2, 0) is 0 Å². The first-order chi connectivity index (χ1) is 10.6. The third kappa shape index (κ3) is 4.62. The fraction of sp³-hybridized carbons (Fsp3) is 0.316. The third-order valence-electron chi connectivity index (χ3n) is 3.58. The van der Waals surface area contributed by atoms with Gasteiger partial charge >= 0.3 is 0 Å². The molecule has 0 aromatic heterocycles. The van der Waals surface area contributed by atoms with Crippen LogP contribution in [0.2, 0.25) is 0 Å². The average molecular weight is 296 g/mol. The minimum atomic E-state index is -0.0707. The Morgan fingerprint density at radius 1 is 1.00 bits per heavy atom. The summed E-state index contributed by atoms with van der Waals surface area (Å²) in [6, 6.07) is 15.4. The van der Waals surface area contributed by atoms with Gasteiger partial charge in [-0.05, 0) is 55.2 Å². The first kappa shape index (κ1) is 16.1. The average Bonchev–Trinajstić information content (AvgIpc) is 2.49. The van der Waals surface area contributed by atoms with Gasteiger partial charge < -0.3 is 10.6 Å². The lowest BCUT2D eigenvalue weighted by Gasteiger charge is -2.10. The molecule has 116 valence electrons. The van der Waals surface area contributed by atoms with E-state index in [1.165, 1.54) is 0 Å². The molecule has 3 nitrogen and oxygen atoms in total. The van der Waals surface area contributed by atoms with Crippen LogP contribution in [0.15, 0.2) is 48.5 Å². The van der Waals surface area contributed by atoms with Crippen LogP contribution in [0.25, 0.3) is 0 Å². The monoisotopic (exact) mass is 296 g/mol. The van der Waals surface area contributed by atoms with Crippen molar-refractivity contribution in [2.45, 2.75) is 27.2 Å². The second-order valence-electron chi connectivity index (χ2n) is 5.96. The van der Waals surface area contributed by atoms with E-state index in [4.69, 9.17) is 0 Å². The molecule has 0 aliphatic heterocycles. The van der Waals surface area contributed by atoms with Crippen molar-refractivity contribution >= 4 is 17.3 Å². The largest absolute Gasteiger partial charge is 0.385 e. The SMILES string of the molecule is Cc1ccccc1C(=O)Nc1ccc(NCCC(C)C)cc1. The van der Waals surface area contributed by atoms with Crippen LogP contribution >= 0.6 is 0 Å². The fourth-order valence-electron chi connectivity index (χ4n) is 2.20. The molecule has 0 heterocycles. The molecular formula is C19H24N2O. The summed E-state index contributed by atoms with van der Waals surface area (Å²) >= 11 is 0. The molecule has 0 aliphatic rings. The number of hydrogen-bond donors (Lipinski definition) is 2. The summed E-state index contributed by atoms with van der Waals surface area (Å²) in [5.41, 5.74) is 3.57. The number of hydrogen-bond acceptors (Lipinski definition) is 2. The van der Waals surface area contributed by atoms with Crippen molar-refractivity contribution in [2.24, 2.45) is 5.92 Å². The van der Waals surface area contributed by atoms with Gasteiger partial charge in [0.1, 0.15) is 0 Å². The molecule has 2 aromatic carbocycles. The van der Waals surface area contributed by atoms with Crippen molar-refractivity contribution in [1.29, 1.82) is 0 Å². The molecule has 0 radical (unpaired) electrons. The normalized spacial score (nSPS) is 10.5. The highest BCUT2D eigenvalue weighted by molar-refractivity contribution is 6.05. The lowest BCUT2D eigenvalue weighted by Crippen LogP contribution is -2.13. The summed E-state index contributed by atoms with van der Waals surface area (Å²) in [5, 5.41) is 6.32. The molecule has 1 amide bonds. The Kier molecular flexibility index (Phi) is 5.59. The molecule has 0 saturated carbocycles. The molecule has 0 bridgehead atoms. The quantitative estimate of drug-likeness (QED) is 0.811. The minimum absolute atomic E-state index is 0.0707. The highest BCUT2D eigenvalue weighted by Crippen LogP contribution is 2.16. The maximum Gasteiger partial charge on any atom is 0.255 e. The maximum absolute atomic E-state index is 12.2. The number of rotatable bonds is 6. The summed E-state index contributed by atoms with van der Waals surface area (Å²) in [6.45, 7) is 7.33. The van der Waals surface area contributed by atoms with E-state index in [1.807, 2.05) is 55.5 Å². The van der Waals surface area contributed by atoms with Crippen molar-refractivity contribution in [1.82, 2.24) is 0 Å². The summed E-state index contributed by atoms with van der Waals surface area (Å²) in [7, 11) is 0. The molecule has 0 unspecified atom stereocenters. The molecule has 2 rings (SSSR count). The van der Waals surface area contributed by atoms with Crippen LogP contribution in [0.4, 0.5) is 11.4 Å². The Bertz CT molecular complexity index is 618. The summed E-state index contributed by atoms with van der Waals surface area (Å²) in [5.74, 6) is 0.624. The van der Waals surface area contributed by atoms with E-state index in [-0.39, 0.29) is 5.91 Å². The van der Waals surface area contributed by atoms with E-state index in [0.29, 0.717) is 11.5 Å². The van der Waals surface area contributed by atoms with Gasteiger partial charge in [-0.3, -0.25) is 4.79 Å². The highest BCUT2D eigenvalue weighted by atomic mass is 16.1. The number of nitrogens with one attached hydrogen (secondary N) is 2. The third-order valence-corrected chi connectivity index (χ3v) is 3.58. The molecule has 0 aliphatic carbocycles. The second-order valence-corrected chi connectivity index (χ2v) is 5.96. The van der Waals surface area contributed by atoms with Crippen molar-refractivity contribution in [3.05, 3.63) is 59.7 Å². The number of benzene rings is 2.